The number of ether oxygens (including phenoxy) is 1. The van der Waals surface area contributed by atoms with Crippen LogP contribution in [0.25, 0.3) is 22.4 Å². The van der Waals surface area contributed by atoms with Crippen LogP contribution in [-0.4, -0.2) is 46.2 Å². The van der Waals surface area contributed by atoms with Crippen LogP contribution in [-0.2, 0) is 0 Å². The molecule has 29 heavy (non-hydrogen) atoms. The number of carbonyl (C=O) groups is 1. The van der Waals surface area contributed by atoms with Crippen molar-refractivity contribution >= 4 is 28.1 Å². The molecule has 0 bridgehead atoms. The molecule has 0 radical (unpaired) electrons. The molecule has 1 fully saturated rings. The van der Waals surface area contributed by atoms with Crippen molar-refractivity contribution in [2.24, 2.45) is 0 Å². The number of methoxy groups -OCH3 is 1. The Kier molecular flexibility index (Phi) is 4.55. The number of hydrogen-bond acceptors (Lipinski definition) is 6. The van der Waals surface area contributed by atoms with Crippen LogP contribution in [0.1, 0.15) is 35.1 Å². The van der Waals surface area contributed by atoms with Crippen molar-refractivity contribution in [2.45, 2.75) is 18.8 Å². The lowest BCUT2D eigenvalue weighted by atomic mass is 9.98. The number of nitrogens with one attached hydrogen (secondary N) is 1. The van der Waals surface area contributed by atoms with Crippen LogP contribution in [0.2, 0.25) is 0 Å². The van der Waals surface area contributed by atoms with Gasteiger partial charge in [0, 0.05) is 34.9 Å². The highest BCUT2D eigenvalue weighted by Crippen LogP contribution is 2.31. The largest absolute Gasteiger partial charge is 0.496 e. The van der Waals surface area contributed by atoms with E-state index in [2.05, 4.69) is 15.2 Å². The van der Waals surface area contributed by atoms with Gasteiger partial charge < -0.3 is 19.0 Å². The maximum Gasteiger partial charge on any atom is 0.270 e. The van der Waals surface area contributed by atoms with Crippen molar-refractivity contribution < 1.29 is 13.9 Å². The molecule has 1 saturated heterocycles. The summed E-state index contributed by atoms with van der Waals surface area (Å²) in [6, 6.07) is 9.56. The number of carbonyl (C=O) groups excluding carboxylic acids is 1. The van der Waals surface area contributed by atoms with E-state index in [4.69, 9.17) is 9.15 Å². The SMILES string of the molecule is COc1cccc2[nH]c(C(=O)N3CCC[C@@H](c4nnc(-c5ccsc5)o4)C3)cc12. The van der Waals surface area contributed by atoms with Gasteiger partial charge in [0.2, 0.25) is 11.8 Å². The van der Waals surface area contributed by atoms with Gasteiger partial charge in [-0.25, -0.2) is 0 Å². The zero-order chi connectivity index (χ0) is 19.8. The Balaban J connectivity index is 1.36. The highest BCUT2D eigenvalue weighted by molar-refractivity contribution is 7.08. The molecule has 1 aromatic carbocycles. The lowest BCUT2D eigenvalue weighted by molar-refractivity contribution is 0.0693. The molecule has 8 heteroatoms. The second kappa shape index (κ2) is 7.36. The fourth-order valence-corrected chi connectivity index (χ4v) is 4.49. The van der Waals surface area contributed by atoms with Crippen molar-refractivity contribution in [1.29, 1.82) is 0 Å². The molecule has 1 aliphatic rings. The maximum atomic E-state index is 13.1. The molecule has 148 valence electrons. The van der Waals surface area contributed by atoms with Gasteiger partial charge in [-0.15, -0.1) is 10.2 Å². The number of thiophene rings is 1. The molecule has 7 nitrogen and oxygen atoms in total. The van der Waals surface area contributed by atoms with E-state index in [0.29, 0.717) is 30.6 Å². The first-order valence-electron chi connectivity index (χ1n) is 9.54. The van der Waals surface area contributed by atoms with E-state index in [1.54, 1.807) is 18.4 Å². The smallest absolute Gasteiger partial charge is 0.270 e. The van der Waals surface area contributed by atoms with Crippen molar-refractivity contribution in [3.8, 4) is 17.2 Å². The molecule has 0 spiro atoms. The van der Waals surface area contributed by atoms with Gasteiger partial charge in [-0.05, 0) is 42.5 Å². The number of hydrogen-bond donors (Lipinski definition) is 1. The summed E-state index contributed by atoms with van der Waals surface area (Å²) in [5.74, 6) is 1.91. The first kappa shape index (κ1) is 17.9. The Morgan fingerprint density at radius 3 is 3.10 bits per heavy atom. The minimum absolute atomic E-state index is 0.0227. The fourth-order valence-electron chi connectivity index (χ4n) is 3.86. The Morgan fingerprint density at radius 2 is 2.28 bits per heavy atom. The van der Waals surface area contributed by atoms with E-state index >= 15 is 0 Å². The lowest BCUT2D eigenvalue weighted by Crippen LogP contribution is -2.39. The molecule has 4 heterocycles. The van der Waals surface area contributed by atoms with Gasteiger partial charge in [-0.2, -0.15) is 11.3 Å². The number of benzene rings is 1. The maximum absolute atomic E-state index is 13.1. The quantitative estimate of drug-likeness (QED) is 0.544. The molecule has 1 amide bonds. The summed E-state index contributed by atoms with van der Waals surface area (Å²) in [5, 5.41) is 13.3. The van der Waals surface area contributed by atoms with Crippen LogP contribution in [0.15, 0.2) is 45.5 Å². The third-order valence-electron chi connectivity index (χ3n) is 5.34. The number of rotatable bonds is 4. The summed E-state index contributed by atoms with van der Waals surface area (Å²) in [5.41, 5.74) is 2.39. The van der Waals surface area contributed by atoms with Crippen molar-refractivity contribution in [2.75, 3.05) is 20.2 Å². The second-order valence-corrected chi connectivity index (χ2v) is 7.93. The Labute approximate surface area is 171 Å². The molecule has 0 unspecified atom stereocenters. The van der Waals surface area contributed by atoms with Crippen LogP contribution >= 0.6 is 11.3 Å². The number of nitrogens with zero attached hydrogens (tertiary/aromatic N) is 3. The zero-order valence-corrected chi connectivity index (χ0v) is 16.7. The van der Waals surface area contributed by atoms with E-state index in [9.17, 15) is 4.79 Å². The first-order valence-corrected chi connectivity index (χ1v) is 10.5. The second-order valence-electron chi connectivity index (χ2n) is 7.15. The van der Waals surface area contributed by atoms with Gasteiger partial charge in [0.15, 0.2) is 0 Å². The number of H-pyrrole nitrogens is 1. The third kappa shape index (κ3) is 3.29. The summed E-state index contributed by atoms with van der Waals surface area (Å²) < 4.78 is 11.3. The molecule has 0 aliphatic carbocycles. The number of piperidine rings is 1. The Morgan fingerprint density at radius 1 is 1.34 bits per heavy atom. The zero-order valence-electron chi connectivity index (χ0n) is 15.9. The Bertz CT molecular complexity index is 1150. The van der Waals surface area contributed by atoms with Crippen molar-refractivity contribution in [1.82, 2.24) is 20.1 Å². The van der Waals surface area contributed by atoms with Crippen LogP contribution in [0.5, 0.6) is 5.75 Å². The van der Waals surface area contributed by atoms with E-state index in [1.807, 2.05) is 46.0 Å². The van der Waals surface area contributed by atoms with Gasteiger partial charge in [0.05, 0.1) is 13.0 Å². The molecule has 1 aliphatic heterocycles. The number of aromatic nitrogens is 3. The molecular formula is C21H20N4O3S. The number of likely N-dealkylation sites (tertiary alicyclic amines) is 1. The highest BCUT2D eigenvalue weighted by atomic mass is 32.1. The van der Waals surface area contributed by atoms with Crippen LogP contribution in [0.4, 0.5) is 0 Å². The average molecular weight is 408 g/mol. The molecule has 1 N–H and O–H groups in total. The van der Waals surface area contributed by atoms with E-state index in [0.717, 1.165) is 35.1 Å². The minimum Gasteiger partial charge on any atom is -0.496 e. The third-order valence-corrected chi connectivity index (χ3v) is 6.02. The topological polar surface area (TPSA) is 84.3 Å². The van der Waals surface area contributed by atoms with Crippen LogP contribution in [0, 0.1) is 0 Å². The summed E-state index contributed by atoms with van der Waals surface area (Å²) in [6.45, 7) is 1.28. The summed E-state index contributed by atoms with van der Waals surface area (Å²) in [4.78, 5) is 18.2. The van der Waals surface area contributed by atoms with Gasteiger partial charge in [0.1, 0.15) is 11.4 Å². The summed E-state index contributed by atoms with van der Waals surface area (Å²) >= 11 is 1.59. The van der Waals surface area contributed by atoms with Crippen molar-refractivity contribution in [3.05, 3.63) is 52.7 Å². The minimum atomic E-state index is -0.0227. The molecule has 1 atom stereocenters. The summed E-state index contributed by atoms with van der Waals surface area (Å²) in [7, 11) is 1.63. The molecule has 4 aromatic rings. The number of fused-ring (bicyclic) bond motifs is 1. The fraction of sp³-hybridized carbons (Fsp3) is 0.286. The van der Waals surface area contributed by atoms with Gasteiger partial charge in [0.25, 0.3) is 5.91 Å². The molecule has 5 rings (SSSR count). The van der Waals surface area contributed by atoms with E-state index in [1.165, 1.54) is 0 Å². The number of aromatic amines is 1. The van der Waals surface area contributed by atoms with E-state index in [-0.39, 0.29) is 11.8 Å². The van der Waals surface area contributed by atoms with Crippen LogP contribution in [0.3, 0.4) is 0 Å². The van der Waals surface area contributed by atoms with Gasteiger partial charge in [-0.1, -0.05) is 6.07 Å². The monoisotopic (exact) mass is 408 g/mol. The van der Waals surface area contributed by atoms with Crippen LogP contribution < -0.4 is 4.74 Å². The van der Waals surface area contributed by atoms with Gasteiger partial charge in [-0.3, -0.25) is 4.79 Å². The molecule has 0 saturated carbocycles. The number of amides is 1. The average Bonchev–Trinajstić information content (AvgIpc) is 3.52. The molecule has 3 aromatic heterocycles. The standard InChI is InChI=1S/C21H20N4O3S/c1-27-18-6-2-5-16-15(18)10-17(22-16)21(26)25-8-3-4-13(11-25)19-23-24-20(28-19)14-7-9-29-12-14/h2,5-7,9-10,12-13,22H,3-4,8,11H2,1H3/t13-/m1/s1. The van der Waals surface area contributed by atoms with Gasteiger partial charge >= 0.3 is 0 Å². The van der Waals surface area contributed by atoms with Crippen molar-refractivity contribution in [3.63, 3.8) is 0 Å². The first-order chi connectivity index (χ1) is 14.2. The normalized spacial score (nSPS) is 17.0. The molecular weight excluding hydrogens is 388 g/mol. The van der Waals surface area contributed by atoms with E-state index < -0.39 is 0 Å². The lowest BCUT2D eigenvalue weighted by Gasteiger charge is -2.30. The highest BCUT2D eigenvalue weighted by Gasteiger charge is 2.30. The predicted octanol–water partition coefficient (Wildman–Crippen LogP) is 4.31. The Hall–Kier alpha value is -3.13. The summed E-state index contributed by atoms with van der Waals surface area (Å²) in [6.07, 6.45) is 1.83. The predicted molar refractivity (Wildman–Crippen MR) is 110 cm³/mol.